The lowest BCUT2D eigenvalue weighted by Gasteiger charge is -2.33. The van der Waals surface area contributed by atoms with Crippen LogP contribution < -0.4 is 0 Å². The van der Waals surface area contributed by atoms with Crippen molar-refractivity contribution in [1.82, 2.24) is 4.31 Å². The van der Waals surface area contributed by atoms with E-state index in [2.05, 4.69) is 0 Å². The molecule has 106 valence electrons. The maximum Gasteiger partial charge on any atom is 0.324 e. The average molecular weight is 285 g/mol. The van der Waals surface area contributed by atoms with Gasteiger partial charge in [0.15, 0.2) is 0 Å². The predicted octanol–water partition coefficient (Wildman–Crippen LogP) is 1.70. The van der Waals surface area contributed by atoms with Crippen molar-refractivity contribution in [3.05, 3.63) is 35.9 Å². The Labute approximate surface area is 113 Å². The average Bonchev–Trinajstić information content (AvgIpc) is 2.29. The van der Waals surface area contributed by atoms with Crippen molar-refractivity contribution in [3.8, 4) is 0 Å². The SMILES string of the molecule is CCN(C(C)(C)C(=O)O)S(=O)(=O)Cc1ccccc1. The second kappa shape index (κ2) is 5.71. The van der Waals surface area contributed by atoms with E-state index in [1.807, 2.05) is 0 Å². The molecule has 5 nitrogen and oxygen atoms in total. The molecule has 0 amide bonds. The van der Waals surface area contributed by atoms with Gasteiger partial charge in [-0.05, 0) is 19.4 Å². The maximum atomic E-state index is 12.3. The van der Waals surface area contributed by atoms with E-state index < -0.39 is 21.5 Å². The molecule has 0 aliphatic rings. The Morgan fingerprint density at radius 2 is 1.79 bits per heavy atom. The molecule has 0 bridgehead atoms. The summed E-state index contributed by atoms with van der Waals surface area (Å²) < 4.78 is 25.7. The van der Waals surface area contributed by atoms with Crippen molar-refractivity contribution in [3.63, 3.8) is 0 Å². The fourth-order valence-electron chi connectivity index (χ4n) is 1.91. The summed E-state index contributed by atoms with van der Waals surface area (Å²) in [6, 6.07) is 8.72. The van der Waals surface area contributed by atoms with E-state index in [4.69, 9.17) is 5.11 Å². The molecular weight excluding hydrogens is 266 g/mol. The maximum absolute atomic E-state index is 12.3. The van der Waals surface area contributed by atoms with Gasteiger partial charge in [0.05, 0.1) is 5.75 Å². The largest absolute Gasteiger partial charge is 0.480 e. The molecule has 0 heterocycles. The first kappa shape index (κ1) is 15.7. The number of hydrogen-bond donors (Lipinski definition) is 1. The van der Waals surface area contributed by atoms with E-state index >= 15 is 0 Å². The molecule has 1 aromatic rings. The Bertz CT molecular complexity index is 537. The topological polar surface area (TPSA) is 74.7 Å². The Morgan fingerprint density at radius 1 is 1.26 bits per heavy atom. The first-order chi connectivity index (χ1) is 8.71. The van der Waals surface area contributed by atoms with Gasteiger partial charge < -0.3 is 5.11 Å². The molecule has 0 aliphatic heterocycles. The van der Waals surface area contributed by atoms with Crippen LogP contribution in [-0.2, 0) is 20.6 Å². The van der Waals surface area contributed by atoms with E-state index in [0.29, 0.717) is 5.56 Å². The highest BCUT2D eigenvalue weighted by atomic mass is 32.2. The second-order valence-corrected chi connectivity index (χ2v) is 6.66. The van der Waals surface area contributed by atoms with Crippen LogP contribution in [0.1, 0.15) is 26.3 Å². The number of aliphatic carboxylic acids is 1. The molecule has 1 aromatic carbocycles. The molecule has 0 aromatic heterocycles. The van der Waals surface area contributed by atoms with Crippen molar-refractivity contribution in [2.75, 3.05) is 6.54 Å². The highest BCUT2D eigenvalue weighted by Crippen LogP contribution is 2.21. The van der Waals surface area contributed by atoms with Gasteiger partial charge in [-0.3, -0.25) is 4.79 Å². The zero-order valence-corrected chi connectivity index (χ0v) is 12.1. The number of rotatable bonds is 6. The van der Waals surface area contributed by atoms with E-state index in [0.717, 1.165) is 4.31 Å². The van der Waals surface area contributed by atoms with Gasteiger partial charge in [0, 0.05) is 6.54 Å². The van der Waals surface area contributed by atoms with Crippen molar-refractivity contribution < 1.29 is 18.3 Å². The molecule has 6 heteroatoms. The number of benzene rings is 1. The van der Waals surface area contributed by atoms with Gasteiger partial charge >= 0.3 is 5.97 Å². The number of carboxylic acids is 1. The first-order valence-corrected chi connectivity index (χ1v) is 7.60. The van der Waals surface area contributed by atoms with Crippen LogP contribution in [-0.4, -0.2) is 35.9 Å². The summed E-state index contributed by atoms with van der Waals surface area (Å²) in [5, 5.41) is 9.17. The first-order valence-electron chi connectivity index (χ1n) is 5.99. The van der Waals surface area contributed by atoms with Gasteiger partial charge in [-0.15, -0.1) is 0 Å². The minimum absolute atomic E-state index is 0.120. The van der Waals surface area contributed by atoms with E-state index in [1.165, 1.54) is 13.8 Å². The summed E-state index contributed by atoms with van der Waals surface area (Å²) in [5.41, 5.74) is -0.815. The van der Waals surface area contributed by atoms with Crippen LogP contribution in [0.15, 0.2) is 30.3 Å². The van der Waals surface area contributed by atoms with Crippen LogP contribution >= 0.6 is 0 Å². The summed E-state index contributed by atoms with van der Waals surface area (Å²) in [6.07, 6.45) is 0. The molecule has 0 saturated heterocycles. The molecule has 0 spiro atoms. The lowest BCUT2D eigenvalue weighted by atomic mass is 10.1. The van der Waals surface area contributed by atoms with Crippen molar-refractivity contribution >= 4 is 16.0 Å². The molecule has 1 rings (SSSR count). The zero-order valence-electron chi connectivity index (χ0n) is 11.3. The van der Waals surface area contributed by atoms with Gasteiger partial charge in [-0.1, -0.05) is 37.3 Å². The monoisotopic (exact) mass is 285 g/mol. The number of nitrogens with zero attached hydrogens (tertiary/aromatic N) is 1. The minimum atomic E-state index is -3.68. The number of hydrogen-bond acceptors (Lipinski definition) is 3. The Balaban J connectivity index is 3.07. The molecule has 0 unspecified atom stereocenters. The van der Waals surface area contributed by atoms with Gasteiger partial charge in [0.1, 0.15) is 5.54 Å². The molecule has 0 atom stereocenters. The fourth-order valence-corrected chi connectivity index (χ4v) is 3.85. The van der Waals surface area contributed by atoms with Gasteiger partial charge in [0.25, 0.3) is 0 Å². The normalized spacial score (nSPS) is 12.6. The molecule has 19 heavy (non-hydrogen) atoms. The van der Waals surface area contributed by atoms with Crippen LogP contribution in [0, 0.1) is 0 Å². The summed E-state index contributed by atoms with van der Waals surface area (Å²) in [7, 11) is -3.68. The Hall–Kier alpha value is -1.40. The van der Waals surface area contributed by atoms with Gasteiger partial charge in [0.2, 0.25) is 10.0 Å². The van der Waals surface area contributed by atoms with Gasteiger partial charge in [-0.25, -0.2) is 8.42 Å². The van der Waals surface area contributed by atoms with Crippen LogP contribution in [0.3, 0.4) is 0 Å². The second-order valence-electron chi connectivity index (χ2n) is 4.77. The standard InChI is InChI=1S/C13H19NO4S/c1-4-14(13(2,3)12(15)16)19(17,18)10-11-8-6-5-7-9-11/h5-9H,4,10H2,1-3H3,(H,15,16). The molecule has 0 aliphatic carbocycles. The molecule has 1 N–H and O–H groups in total. The quantitative estimate of drug-likeness (QED) is 0.863. The molecule has 0 radical (unpaired) electrons. The third-order valence-corrected chi connectivity index (χ3v) is 5.05. The van der Waals surface area contributed by atoms with E-state index in [-0.39, 0.29) is 12.3 Å². The molecule has 0 saturated carbocycles. The van der Waals surface area contributed by atoms with Crippen LogP contribution in [0.4, 0.5) is 0 Å². The molecular formula is C13H19NO4S. The highest BCUT2D eigenvalue weighted by molar-refractivity contribution is 7.88. The lowest BCUT2D eigenvalue weighted by molar-refractivity contribution is -0.146. The van der Waals surface area contributed by atoms with E-state index in [1.54, 1.807) is 37.3 Å². The predicted molar refractivity (Wildman–Crippen MR) is 73.2 cm³/mol. The van der Waals surface area contributed by atoms with Crippen molar-refractivity contribution in [1.29, 1.82) is 0 Å². The third kappa shape index (κ3) is 3.54. The van der Waals surface area contributed by atoms with Gasteiger partial charge in [-0.2, -0.15) is 4.31 Å². The summed E-state index contributed by atoms with van der Waals surface area (Å²) in [6.45, 7) is 4.53. The van der Waals surface area contributed by atoms with Crippen LogP contribution in [0.25, 0.3) is 0 Å². The van der Waals surface area contributed by atoms with Crippen molar-refractivity contribution in [2.45, 2.75) is 32.1 Å². The Morgan fingerprint density at radius 3 is 2.21 bits per heavy atom. The highest BCUT2D eigenvalue weighted by Gasteiger charge is 2.40. The molecule has 0 fully saturated rings. The van der Waals surface area contributed by atoms with Crippen LogP contribution in [0.2, 0.25) is 0 Å². The minimum Gasteiger partial charge on any atom is -0.480 e. The number of carboxylic acid groups (broad SMARTS) is 1. The summed E-state index contributed by atoms with van der Waals surface area (Å²) >= 11 is 0. The summed E-state index contributed by atoms with van der Waals surface area (Å²) in [4.78, 5) is 11.2. The van der Waals surface area contributed by atoms with E-state index in [9.17, 15) is 13.2 Å². The smallest absolute Gasteiger partial charge is 0.324 e. The number of sulfonamides is 1. The number of carbonyl (C=O) groups is 1. The fraction of sp³-hybridized carbons (Fsp3) is 0.462. The zero-order chi connectivity index (χ0) is 14.7. The third-order valence-electron chi connectivity index (χ3n) is 2.96. The number of likely N-dealkylation sites (N-methyl/N-ethyl adjacent to an activating group) is 1. The van der Waals surface area contributed by atoms with Crippen molar-refractivity contribution in [2.24, 2.45) is 0 Å². The lowest BCUT2D eigenvalue weighted by Crippen LogP contribution is -2.53. The summed E-state index contributed by atoms with van der Waals surface area (Å²) in [5.74, 6) is -1.36. The Kier molecular flexibility index (Phi) is 4.70. The van der Waals surface area contributed by atoms with Crippen LogP contribution in [0.5, 0.6) is 0 Å².